The molecule has 154 valence electrons. The predicted octanol–water partition coefficient (Wildman–Crippen LogP) is 4.32. The molecule has 1 atom stereocenters. The first-order valence-corrected chi connectivity index (χ1v) is 10.4. The molecule has 1 aliphatic carbocycles. The number of carbonyl (C=O) groups is 1. The van der Waals surface area contributed by atoms with E-state index in [1.165, 1.54) is 0 Å². The van der Waals surface area contributed by atoms with E-state index in [1.54, 1.807) is 42.6 Å². The molecule has 1 aromatic carbocycles. The van der Waals surface area contributed by atoms with Gasteiger partial charge in [0.25, 0.3) is 0 Å². The molecule has 1 unspecified atom stereocenters. The van der Waals surface area contributed by atoms with E-state index in [4.69, 9.17) is 5.73 Å². The first-order valence-electron chi connectivity index (χ1n) is 9.20. The number of carbonyl (C=O) groups excluding carboxylic acids is 1. The molecule has 0 saturated carbocycles. The number of nitrogens with two attached hydrogens (primary N) is 1. The summed E-state index contributed by atoms with van der Waals surface area (Å²) in [4.78, 5) is 16.7. The molecule has 0 saturated heterocycles. The molecule has 1 aromatic heterocycles. The molecule has 3 rings (SSSR count). The molecule has 2 N–H and O–H groups in total. The van der Waals surface area contributed by atoms with Gasteiger partial charge in [0.2, 0.25) is 5.91 Å². The van der Waals surface area contributed by atoms with E-state index in [0.717, 1.165) is 11.1 Å². The molecule has 1 amide bonds. The average Bonchev–Trinajstić information content (AvgIpc) is 3.18. The number of primary amides is 1. The number of alkyl halides is 3. The highest BCUT2D eigenvalue weighted by Gasteiger charge is 2.44. The average molecular weight is 422 g/mol. The number of hydrogen-bond acceptors (Lipinski definition) is 3. The Morgan fingerprint density at radius 1 is 1.10 bits per heavy atom. The fraction of sp³-hybridized carbons (Fsp3) is 0.333. The zero-order valence-electron chi connectivity index (χ0n) is 15.6. The Bertz CT molecular complexity index is 914. The second-order valence-electron chi connectivity index (χ2n) is 7.05. The molecule has 29 heavy (non-hydrogen) atoms. The van der Waals surface area contributed by atoms with E-state index in [-0.39, 0.29) is 6.42 Å². The van der Waals surface area contributed by atoms with Crippen molar-refractivity contribution >= 4 is 16.7 Å². The van der Waals surface area contributed by atoms with Gasteiger partial charge in [-0.25, -0.2) is 0 Å². The van der Waals surface area contributed by atoms with Gasteiger partial charge >= 0.3 is 6.18 Å². The van der Waals surface area contributed by atoms with Gasteiger partial charge in [-0.1, -0.05) is 30.4 Å². The second kappa shape index (κ2) is 8.49. The van der Waals surface area contributed by atoms with Crippen molar-refractivity contribution in [2.45, 2.75) is 47.9 Å². The summed E-state index contributed by atoms with van der Waals surface area (Å²) in [6, 6.07) is 10.4. The smallest absolute Gasteiger partial charge is 0.368 e. The number of amides is 1. The number of benzene rings is 1. The Morgan fingerprint density at radius 2 is 1.76 bits per heavy atom. The van der Waals surface area contributed by atoms with Crippen LogP contribution < -0.4 is 5.73 Å². The Labute approximate surface area is 169 Å². The quantitative estimate of drug-likeness (QED) is 0.676. The van der Waals surface area contributed by atoms with Gasteiger partial charge in [-0.3, -0.25) is 14.0 Å². The van der Waals surface area contributed by atoms with Gasteiger partial charge in [-0.15, -0.1) is 0 Å². The Kier molecular flexibility index (Phi) is 6.21. The zero-order valence-corrected chi connectivity index (χ0v) is 16.4. The summed E-state index contributed by atoms with van der Waals surface area (Å²) in [5, 5.41) is 0. The van der Waals surface area contributed by atoms with E-state index in [1.807, 2.05) is 12.2 Å². The minimum absolute atomic E-state index is 0.0293. The maximum atomic E-state index is 12.9. The van der Waals surface area contributed by atoms with Crippen LogP contribution in [0.15, 0.2) is 59.6 Å². The Hall–Kier alpha value is -2.48. The van der Waals surface area contributed by atoms with Crippen LogP contribution in [0.1, 0.15) is 31.2 Å². The van der Waals surface area contributed by atoms with Gasteiger partial charge < -0.3 is 5.73 Å². The van der Waals surface area contributed by atoms with Gasteiger partial charge in [-0.05, 0) is 49.4 Å². The topological polar surface area (TPSA) is 73.1 Å². The van der Waals surface area contributed by atoms with Crippen LogP contribution in [0.25, 0.3) is 11.3 Å². The van der Waals surface area contributed by atoms with Crippen molar-refractivity contribution in [2.75, 3.05) is 0 Å². The van der Waals surface area contributed by atoms with Crippen LogP contribution in [-0.4, -0.2) is 26.0 Å². The normalized spacial score (nSPS) is 16.7. The monoisotopic (exact) mass is 422 g/mol. The van der Waals surface area contributed by atoms with Gasteiger partial charge in [0.1, 0.15) is 4.75 Å². The van der Waals surface area contributed by atoms with Crippen LogP contribution in [0.4, 0.5) is 13.2 Å². The number of aromatic nitrogens is 1. The molecule has 0 radical (unpaired) electrons. The van der Waals surface area contributed by atoms with E-state index in [9.17, 15) is 22.2 Å². The van der Waals surface area contributed by atoms with Gasteiger partial charge in [0.05, 0.1) is 16.5 Å². The predicted molar refractivity (Wildman–Crippen MR) is 105 cm³/mol. The third-order valence-corrected chi connectivity index (χ3v) is 6.92. The maximum absolute atomic E-state index is 12.9. The van der Waals surface area contributed by atoms with Crippen molar-refractivity contribution in [1.82, 2.24) is 4.98 Å². The summed E-state index contributed by atoms with van der Waals surface area (Å²) in [6.45, 7) is 0. The summed E-state index contributed by atoms with van der Waals surface area (Å²) in [6.07, 6.45) is 1.31. The summed E-state index contributed by atoms with van der Waals surface area (Å²) >= 11 is 0. The largest absolute Gasteiger partial charge is 0.389 e. The van der Waals surface area contributed by atoms with E-state index in [2.05, 4.69) is 4.98 Å². The molecule has 0 spiro atoms. The fourth-order valence-electron chi connectivity index (χ4n) is 3.29. The molecule has 8 heteroatoms. The van der Waals surface area contributed by atoms with Gasteiger partial charge in [0.15, 0.2) is 0 Å². The van der Waals surface area contributed by atoms with Gasteiger partial charge in [-0.2, -0.15) is 13.2 Å². The number of aryl methyl sites for hydroxylation is 1. The van der Waals surface area contributed by atoms with E-state index >= 15 is 0 Å². The van der Waals surface area contributed by atoms with Crippen molar-refractivity contribution in [3.8, 4) is 11.3 Å². The van der Waals surface area contributed by atoms with Crippen molar-refractivity contribution in [2.24, 2.45) is 5.73 Å². The minimum atomic E-state index is -4.14. The number of rotatable bonds is 7. The first-order chi connectivity index (χ1) is 13.7. The van der Waals surface area contributed by atoms with Crippen molar-refractivity contribution in [1.29, 1.82) is 0 Å². The molecule has 0 aliphatic heterocycles. The lowest BCUT2D eigenvalue weighted by Crippen LogP contribution is -2.45. The lowest BCUT2D eigenvalue weighted by molar-refractivity contribution is -0.135. The summed E-state index contributed by atoms with van der Waals surface area (Å²) < 4.78 is 48.5. The SMILES string of the molecule is NC(=O)C1(S(=O)c2ccc(-c3ccc(CCCC(F)(F)F)cn3)cc2)CC=CC1. The first kappa shape index (κ1) is 21.2. The number of hydrogen-bond donors (Lipinski definition) is 1. The standard InChI is InChI=1S/C21H21F3N2O2S/c22-21(23,24)13-3-4-15-5-10-18(26-14-15)16-6-8-17(9-7-16)29(28)20(19(25)27)11-1-2-12-20/h1-2,5-10,14H,3-4,11-13H2,(H2,25,27). The van der Waals surface area contributed by atoms with E-state index in [0.29, 0.717) is 29.9 Å². The molecular weight excluding hydrogens is 401 g/mol. The van der Waals surface area contributed by atoms with E-state index < -0.39 is 34.1 Å². The molecule has 0 fully saturated rings. The Morgan fingerprint density at radius 3 is 2.28 bits per heavy atom. The van der Waals surface area contributed by atoms with Crippen LogP contribution in [0.5, 0.6) is 0 Å². The van der Waals surface area contributed by atoms with Crippen molar-refractivity contribution < 1.29 is 22.2 Å². The summed E-state index contributed by atoms with van der Waals surface area (Å²) in [5.74, 6) is -0.576. The minimum Gasteiger partial charge on any atom is -0.368 e. The zero-order chi connectivity index (χ0) is 21.1. The third kappa shape index (κ3) is 4.93. The number of pyridine rings is 1. The fourth-order valence-corrected chi connectivity index (χ4v) is 4.80. The Balaban J connectivity index is 1.68. The maximum Gasteiger partial charge on any atom is 0.389 e. The number of allylic oxidation sites excluding steroid dienone is 2. The highest BCUT2D eigenvalue weighted by Crippen LogP contribution is 2.34. The van der Waals surface area contributed by atoms with Crippen LogP contribution in [0.3, 0.4) is 0 Å². The highest BCUT2D eigenvalue weighted by molar-refractivity contribution is 7.87. The lowest BCUT2D eigenvalue weighted by atomic mass is 10.1. The molecular formula is C21H21F3N2O2S. The van der Waals surface area contributed by atoms with Crippen LogP contribution in [-0.2, 0) is 22.0 Å². The molecule has 4 nitrogen and oxygen atoms in total. The highest BCUT2D eigenvalue weighted by atomic mass is 32.2. The second-order valence-corrected chi connectivity index (χ2v) is 8.84. The van der Waals surface area contributed by atoms with Crippen molar-refractivity contribution in [3.63, 3.8) is 0 Å². The molecule has 0 bridgehead atoms. The third-order valence-electron chi connectivity index (χ3n) is 4.98. The summed E-state index contributed by atoms with van der Waals surface area (Å²) in [7, 11) is -1.58. The number of nitrogens with zero attached hydrogens (tertiary/aromatic N) is 1. The van der Waals surface area contributed by atoms with Crippen LogP contribution >= 0.6 is 0 Å². The van der Waals surface area contributed by atoms with Crippen molar-refractivity contribution in [3.05, 3.63) is 60.3 Å². The lowest BCUT2D eigenvalue weighted by Gasteiger charge is -2.24. The van der Waals surface area contributed by atoms with Gasteiger partial charge in [0, 0.05) is 23.1 Å². The molecule has 2 aromatic rings. The molecule has 1 aliphatic rings. The van der Waals surface area contributed by atoms with Crippen LogP contribution in [0.2, 0.25) is 0 Å². The molecule has 1 heterocycles. The van der Waals surface area contributed by atoms with Crippen LogP contribution in [0, 0.1) is 0 Å². The summed E-state index contributed by atoms with van der Waals surface area (Å²) in [5.41, 5.74) is 7.71. The number of halogens is 3.